The van der Waals surface area contributed by atoms with Gasteiger partial charge in [-0.1, -0.05) is 54.3 Å². The first kappa shape index (κ1) is 25.1. The van der Waals surface area contributed by atoms with Gasteiger partial charge in [-0.3, -0.25) is 30.1 Å². The number of ether oxygens (including phenoxy) is 1. The van der Waals surface area contributed by atoms with E-state index in [1.54, 1.807) is 42.5 Å². The molecule has 0 radical (unpaired) electrons. The molecule has 2 aromatic rings. The number of rotatable bonds is 7. The van der Waals surface area contributed by atoms with Crippen LogP contribution in [0.1, 0.15) is 44.7 Å². The van der Waals surface area contributed by atoms with E-state index in [9.17, 15) is 19.2 Å². The second-order valence-electron chi connectivity index (χ2n) is 7.37. The molecular formula is C24H23N3O5S2. The number of carbonyl (C=O) groups is 4. The molecule has 0 saturated carbocycles. The van der Waals surface area contributed by atoms with Crippen molar-refractivity contribution in [1.29, 1.82) is 0 Å². The van der Waals surface area contributed by atoms with E-state index in [2.05, 4.69) is 15.6 Å². The Labute approximate surface area is 206 Å². The monoisotopic (exact) mass is 497 g/mol. The van der Waals surface area contributed by atoms with Crippen molar-refractivity contribution in [3.8, 4) is 0 Å². The zero-order valence-corrected chi connectivity index (χ0v) is 20.3. The Bertz CT molecular complexity index is 1160. The first-order valence-electron chi connectivity index (χ1n) is 10.4. The summed E-state index contributed by atoms with van der Waals surface area (Å²) in [7, 11) is 1.31. The van der Waals surface area contributed by atoms with Gasteiger partial charge in [0.1, 0.15) is 4.32 Å². The van der Waals surface area contributed by atoms with E-state index in [-0.39, 0.29) is 24.8 Å². The van der Waals surface area contributed by atoms with Gasteiger partial charge in [0.05, 0.1) is 17.6 Å². The lowest BCUT2D eigenvalue weighted by atomic mass is 10.1. The minimum absolute atomic E-state index is 0.110. The number of carbonyl (C=O) groups excluding carboxylic acids is 4. The Hall–Kier alpha value is -3.50. The van der Waals surface area contributed by atoms with Crippen LogP contribution in [0.5, 0.6) is 0 Å². The number of amides is 3. The van der Waals surface area contributed by atoms with Gasteiger partial charge in [-0.15, -0.1) is 0 Å². The maximum atomic E-state index is 12.7. The van der Waals surface area contributed by atoms with Crippen molar-refractivity contribution >= 4 is 58.1 Å². The van der Waals surface area contributed by atoms with Crippen molar-refractivity contribution in [1.82, 2.24) is 15.8 Å². The molecule has 1 heterocycles. The molecule has 8 nitrogen and oxygen atoms in total. The summed E-state index contributed by atoms with van der Waals surface area (Å²) >= 11 is 6.50. The normalized spacial score (nSPS) is 14.3. The van der Waals surface area contributed by atoms with Gasteiger partial charge in [0.25, 0.3) is 11.8 Å². The first-order chi connectivity index (χ1) is 16.3. The van der Waals surface area contributed by atoms with E-state index >= 15 is 0 Å². The van der Waals surface area contributed by atoms with Crippen LogP contribution in [0, 0.1) is 6.92 Å². The highest BCUT2D eigenvalue weighted by Gasteiger charge is 2.31. The minimum atomic E-state index is -0.434. The zero-order valence-electron chi connectivity index (χ0n) is 18.6. The van der Waals surface area contributed by atoms with Gasteiger partial charge in [0, 0.05) is 18.5 Å². The fourth-order valence-electron chi connectivity index (χ4n) is 3.16. The van der Waals surface area contributed by atoms with Crippen molar-refractivity contribution in [2.75, 3.05) is 13.7 Å². The summed E-state index contributed by atoms with van der Waals surface area (Å²) in [5.41, 5.74) is 7.23. The third-order valence-corrected chi connectivity index (χ3v) is 6.37. The van der Waals surface area contributed by atoms with E-state index in [4.69, 9.17) is 12.2 Å². The third-order valence-electron chi connectivity index (χ3n) is 4.99. The maximum absolute atomic E-state index is 12.7. The molecule has 1 saturated heterocycles. The largest absolute Gasteiger partial charge is 0.465 e. The number of thioether (sulfide) groups is 1. The van der Waals surface area contributed by atoms with Crippen LogP contribution in [0.2, 0.25) is 0 Å². The van der Waals surface area contributed by atoms with Gasteiger partial charge in [-0.25, -0.2) is 4.79 Å². The molecule has 0 aliphatic carbocycles. The van der Waals surface area contributed by atoms with Crippen LogP contribution in [0.25, 0.3) is 6.08 Å². The van der Waals surface area contributed by atoms with Gasteiger partial charge in [-0.2, -0.15) is 0 Å². The molecule has 3 amide bonds. The molecule has 0 aromatic heterocycles. The Morgan fingerprint density at radius 2 is 1.79 bits per heavy atom. The number of thiocarbonyl (C=S) groups is 1. The van der Waals surface area contributed by atoms with Crippen LogP contribution in [0.15, 0.2) is 53.4 Å². The molecule has 1 aliphatic rings. The van der Waals surface area contributed by atoms with Gasteiger partial charge in [0.15, 0.2) is 0 Å². The Balaban J connectivity index is 1.48. The van der Waals surface area contributed by atoms with Crippen LogP contribution in [0.3, 0.4) is 0 Å². The van der Waals surface area contributed by atoms with E-state index in [0.717, 1.165) is 11.1 Å². The third kappa shape index (κ3) is 6.30. The molecule has 176 valence electrons. The van der Waals surface area contributed by atoms with E-state index in [1.165, 1.54) is 23.8 Å². The molecule has 0 bridgehead atoms. The van der Waals surface area contributed by atoms with E-state index < -0.39 is 11.9 Å². The number of esters is 1. The molecular weight excluding hydrogens is 474 g/mol. The second kappa shape index (κ2) is 11.6. The highest BCUT2D eigenvalue weighted by atomic mass is 32.2. The molecule has 1 fully saturated rings. The smallest absolute Gasteiger partial charge is 0.337 e. The number of hydrogen-bond acceptors (Lipinski definition) is 7. The highest BCUT2D eigenvalue weighted by Crippen LogP contribution is 2.32. The number of methoxy groups -OCH3 is 1. The van der Waals surface area contributed by atoms with Gasteiger partial charge in [-0.05, 0) is 48.7 Å². The van der Waals surface area contributed by atoms with Gasteiger partial charge < -0.3 is 4.74 Å². The fraction of sp³-hybridized carbons (Fsp3) is 0.208. The van der Waals surface area contributed by atoms with Crippen molar-refractivity contribution in [2.45, 2.75) is 19.8 Å². The van der Waals surface area contributed by atoms with Crippen LogP contribution in [-0.4, -0.2) is 46.6 Å². The molecule has 2 aromatic carbocycles. The van der Waals surface area contributed by atoms with Gasteiger partial charge >= 0.3 is 5.97 Å². The lowest BCUT2D eigenvalue weighted by Crippen LogP contribution is -2.42. The zero-order chi connectivity index (χ0) is 24.7. The summed E-state index contributed by atoms with van der Waals surface area (Å²) in [6.45, 7) is 2.09. The predicted molar refractivity (Wildman–Crippen MR) is 134 cm³/mol. The SMILES string of the molecule is COC(=O)c1ccc(C=C2SC(=S)N(CCCC(=O)NNC(=O)c3ccccc3C)C2=O)cc1. The van der Waals surface area contributed by atoms with Gasteiger partial charge in [0.2, 0.25) is 5.91 Å². The fourth-order valence-corrected chi connectivity index (χ4v) is 4.47. The average molecular weight is 498 g/mol. The summed E-state index contributed by atoms with van der Waals surface area (Å²) in [6.07, 6.45) is 2.19. The van der Waals surface area contributed by atoms with Crippen LogP contribution in [-0.2, 0) is 14.3 Å². The topological polar surface area (TPSA) is 105 Å². The Morgan fingerprint density at radius 1 is 1.09 bits per heavy atom. The summed E-state index contributed by atoms with van der Waals surface area (Å²) in [5.74, 6) is -1.43. The number of hydrogen-bond donors (Lipinski definition) is 2. The number of benzene rings is 2. The Kier molecular flexibility index (Phi) is 8.55. The highest BCUT2D eigenvalue weighted by molar-refractivity contribution is 8.26. The molecule has 34 heavy (non-hydrogen) atoms. The molecule has 1 aliphatic heterocycles. The summed E-state index contributed by atoms with van der Waals surface area (Å²) in [6, 6.07) is 13.7. The van der Waals surface area contributed by atoms with Crippen LogP contribution in [0.4, 0.5) is 0 Å². The number of nitrogens with zero attached hydrogens (tertiary/aromatic N) is 1. The average Bonchev–Trinajstić information content (AvgIpc) is 3.10. The quantitative estimate of drug-likeness (QED) is 0.262. The summed E-state index contributed by atoms with van der Waals surface area (Å²) in [4.78, 5) is 50.5. The lowest BCUT2D eigenvalue weighted by Gasteiger charge is -2.14. The lowest BCUT2D eigenvalue weighted by molar-refractivity contribution is -0.124. The first-order valence-corrected chi connectivity index (χ1v) is 11.6. The minimum Gasteiger partial charge on any atom is -0.465 e. The van der Waals surface area contributed by atoms with Crippen LogP contribution >= 0.6 is 24.0 Å². The number of hydrazine groups is 1. The number of nitrogens with one attached hydrogen (secondary N) is 2. The molecule has 0 spiro atoms. The summed E-state index contributed by atoms with van der Waals surface area (Å²) in [5, 5.41) is 0. The summed E-state index contributed by atoms with van der Waals surface area (Å²) < 4.78 is 5.09. The molecule has 10 heteroatoms. The predicted octanol–water partition coefficient (Wildman–Crippen LogP) is 3.22. The molecule has 3 rings (SSSR count). The van der Waals surface area contributed by atoms with E-state index in [1.807, 2.05) is 19.1 Å². The molecule has 0 unspecified atom stereocenters. The van der Waals surface area contributed by atoms with Crippen LogP contribution < -0.4 is 10.9 Å². The molecule has 2 N–H and O–H groups in total. The molecule has 0 atom stereocenters. The van der Waals surface area contributed by atoms with Crippen molar-refractivity contribution in [2.24, 2.45) is 0 Å². The maximum Gasteiger partial charge on any atom is 0.337 e. The standard InChI is InChI=1S/C24H23N3O5S2/c1-15-6-3-4-7-18(15)21(29)26-25-20(28)8-5-13-27-22(30)19(34-24(27)33)14-16-9-11-17(12-10-16)23(31)32-2/h3-4,6-7,9-12,14H,5,8,13H2,1-2H3,(H,25,28)(H,26,29). The van der Waals surface area contributed by atoms with E-state index in [0.29, 0.717) is 26.8 Å². The second-order valence-corrected chi connectivity index (χ2v) is 9.04. The van der Waals surface area contributed by atoms with Crippen molar-refractivity contribution in [3.63, 3.8) is 0 Å². The Morgan fingerprint density at radius 3 is 2.47 bits per heavy atom. The van der Waals surface area contributed by atoms with Crippen molar-refractivity contribution < 1.29 is 23.9 Å². The number of aryl methyl sites for hydroxylation is 1. The van der Waals surface area contributed by atoms with Crippen molar-refractivity contribution in [3.05, 3.63) is 75.7 Å².